The van der Waals surface area contributed by atoms with E-state index in [4.69, 9.17) is 4.74 Å². The van der Waals surface area contributed by atoms with E-state index >= 15 is 0 Å². The SMILES string of the molecule is CCCCOCC=O.[Ba+2].[H-].[H-]. The van der Waals surface area contributed by atoms with Gasteiger partial charge in [0.15, 0.2) is 0 Å². The first-order valence-corrected chi connectivity index (χ1v) is 2.93. The van der Waals surface area contributed by atoms with E-state index < -0.39 is 0 Å². The Morgan fingerprint density at radius 1 is 1.67 bits per heavy atom. The molecule has 3 heteroatoms. The number of hydrogen-bond donors (Lipinski definition) is 0. The van der Waals surface area contributed by atoms with E-state index in [0.29, 0.717) is 0 Å². The Morgan fingerprint density at radius 2 is 2.33 bits per heavy atom. The molecule has 0 aliphatic carbocycles. The van der Waals surface area contributed by atoms with E-state index in [1.807, 2.05) is 0 Å². The summed E-state index contributed by atoms with van der Waals surface area (Å²) in [5.41, 5.74) is 0. The number of carbonyl (C=O) groups is 1. The molecule has 0 aromatic heterocycles. The molecule has 0 fully saturated rings. The van der Waals surface area contributed by atoms with E-state index in [9.17, 15) is 4.79 Å². The molecule has 0 saturated heterocycles. The zero-order valence-corrected chi connectivity index (χ0v) is 10.4. The molecule has 2 nitrogen and oxygen atoms in total. The first-order chi connectivity index (χ1) is 3.91. The molecule has 0 radical (unpaired) electrons. The van der Waals surface area contributed by atoms with Crippen molar-refractivity contribution in [2.45, 2.75) is 19.8 Å². The van der Waals surface area contributed by atoms with Crippen LogP contribution in [0.3, 0.4) is 0 Å². The maximum absolute atomic E-state index is 9.64. The number of aldehydes is 1. The van der Waals surface area contributed by atoms with E-state index in [1.165, 1.54) is 0 Å². The fraction of sp³-hybridized carbons (Fsp3) is 0.833. The van der Waals surface area contributed by atoms with Crippen LogP contribution in [0.25, 0.3) is 0 Å². The zero-order chi connectivity index (χ0) is 6.24. The van der Waals surface area contributed by atoms with E-state index in [2.05, 4.69) is 6.92 Å². The fourth-order valence-corrected chi connectivity index (χ4v) is 0.378. The molecule has 0 saturated carbocycles. The van der Waals surface area contributed by atoms with Gasteiger partial charge in [-0.2, -0.15) is 0 Å². The summed E-state index contributed by atoms with van der Waals surface area (Å²) in [6.45, 7) is 3.06. The first-order valence-electron chi connectivity index (χ1n) is 2.93. The van der Waals surface area contributed by atoms with E-state index in [0.717, 1.165) is 25.7 Å². The maximum Gasteiger partial charge on any atom is 2.00 e. The molecule has 52 valence electrons. The van der Waals surface area contributed by atoms with Gasteiger partial charge < -0.3 is 12.4 Å². The van der Waals surface area contributed by atoms with Crippen LogP contribution in [0.1, 0.15) is 22.6 Å². The second-order valence-electron chi connectivity index (χ2n) is 1.60. The topological polar surface area (TPSA) is 26.3 Å². The number of carbonyl (C=O) groups excluding carboxylic acids is 1. The quantitative estimate of drug-likeness (QED) is 0.413. The number of unbranched alkanes of at least 4 members (excludes halogenated alkanes) is 1. The fourth-order valence-electron chi connectivity index (χ4n) is 0.378. The van der Waals surface area contributed by atoms with Crippen molar-refractivity contribution in [3.63, 3.8) is 0 Å². The minimum absolute atomic E-state index is 0. The van der Waals surface area contributed by atoms with Gasteiger partial charge in [-0.05, 0) is 6.42 Å². The molecule has 0 amide bonds. The Kier molecular flexibility index (Phi) is 17.0. The summed E-state index contributed by atoms with van der Waals surface area (Å²) >= 11 is 0. The van der Waals surface area contributed by atoms with Crippen LogP contribution in [-0.4, -0.2) is 68.4 Å². The summed E-state index contributed by atoms with van der Waals surface area (Å²) in [4.78, 5) is 9.64. The summed E-state index contributed by atoms with van der Waals surface area (Å²) in [6, 6.07) is 0. The normalized spacial score (nSPS) is 8.11. The molecule has 0 aliphatic heterocycles. The molecule has 0 rings (SSSR count). The van der Waals surface area contributed by atoms with Crippen molar-refractivity contribution in [2.75, 3.05) is 13.2 Å². The van der Waals surface area contributed by atoms with Gasteiger partial charge >= 0.3 is 48.9 Å². The molecule has 0 bridgehead atoms. The van der Waals surface area contributed by atoms with Crippen LogP contribution < -0.4 is 0 Å². The summed E-state index contributed by atoms with van der Waals surface area (Å²) in [7, 11) is 0. The number of rotatable bonds is 5. The van der Waals surface area contributed by atoms with Crippen molar-refractivity contribution in [3.8, 4) is 0 Å². The molecule has 0 aromatic rings. The van der Waals surface area contributed by atoms with Crippen LogP contribution in [0.2, 0.25) is 0 Å². The predicted octanol–water partition coefficient (Wildman–Crippen LogP) is 0.846. The third-order valence-corrected chi connectivity index (χ3v) is 0.828. The van der Waals surface area contributed by atoms with Gasteiger partial charge in [0.1, 0.15) is 12.9 Å². The van der Waals surface area contributed by atoms with Crippen molar-refractivity contribution in [2.24, 2.45) is 0 Å². The van der Waals surface area contributed by atoms with Gasteiger partial charge in [0, 0.05) is 6.61 Å². The minimum atomic E-state index is 0. The van der Waals surface area contributed by atoms with Gasteiger partial charge in [0.05, 0.1) is 0 Å². The van der Waals surface area contributed by atoms with Crippen molar-refractivity contribution < 1.29 is 12.4 Å². The predicted molar refractivity (Wildman–Crippen MR) is 39.8 cm³/mol. The molecule has 0 N–H and O–H groups in total. The van der Waals surface area contributed by atoms with Crippen molar-refractivity contribution in [1.82, 2.24) is 0 Å². The first kappa shape index (κ1) is 12.8. The van der Waals surface area contributed by atoms with E-state index in [1.54, 1.807) is 0 Å². The van der Waals surface area contributed by atoms with Crippen molar-refractivity contribution >= 4 is 55.2 Å². The largest absolute Gasteiger partial charge is 2.00 e. The van der Waals surface area contributed by atoms with Crippen LogP contribution >= 0.6 is 0 Å². The Labute approximate surface area is 99.4 Å². The van der Waals surface area contributed by atoms with Crippen LogP contribution in [-0.2, 0) is 9.53 Å². The molecule has 0 atom stereocenters. The molecular formula is C6H14BaO2. The summed E-state index contributed by atoms with van der Waals surface area (Å²) in [5, 5.41) is 0. The van der Waals surface area contributed by atoms with Gasteiger partial charge in [0.25, 0.3) is 0 Å². The third-order valence-electron chi connectivity index (χ3n) is 0.828. The van der Waals surface area contributed by atoms with Gasteiger partial charge in [0.2, 0.25) is 0 Å². The van der Waals surface area contributed by atoms with Gasteiger partial charge in [-0.3, -0.25) is 0 Å². The second kappa shape index (κ2) is 11.9. The molecule has 0 aliphatic rings. The smallest absolute Gasteiger partial charge is 1.00 e. The van der Waals surface area contributed by atoms with Crippen molar-refractivity contribution in [3.05, 3.63) is 0 Å². The van der Waals surface area contributed by atoms with Crippen LogP contribution in [0.5, 0.6) is 0 Å². The van der Waals surface area contributed by atoms with Crippen molar-refractivity contribution in [1.29, 1.82) is 0 Å². The Hall–Kier alpha value is 1.20. The zero-order valence-electron chi connectivity index (χ0n) is 7.93. The van der Waals surface area contributed by atoms with Gasteiger partial charge in [-0.15, -0.1) is 0 Å². The van der Waals surface area contributed by atoms with Crippen LogP contribution in [0, 0.1) is 0 Å². The Bertz CT molecular complexity index is 64.5. The summed E-state index contributed by atoms with van der Waals surface area (Å²) in [5.74, 6) is 0. The Morgan fingerprint density at radius 3 is 2.78 bits per heavy atom. The standard InChI is InChI=1S/C6H12O2.Ba.2H/c1-2-3-5-8-6-4-7;;;/h4H,2-3,5-6H2,1H3;;;/q;+2;2*-1. The second-order valence-corrected chi connectivity index (χ2v) is 1.60. The van der Waals surface area contributed by atoms with Gasteiger partial charge in [-0.25, -0.2) is 0 Å². The number of ether oxygens (including phenoxy) is 1. The van der Waals surface area contributed by atoms with E-state index in [-0.39, 0.29) is 58.3 Å². The minimum Gasteiger partial charge on any atom is -1.00 e. The monoisotopic (exact) mass is 256 g/mol. The average Bonchev–Trinajstić information content (AvgIpc) is 1.81. The summed E-state index contributed by atoms with van der Waals surface area (Å²) in [6.07, 6.45) is 2.95. The van der Waals surface area contributed by atoms with Crippen LogP contribution in [0.15, 0.2) is 0 Å². The molecule has 0 unspecified atom stereocenters. The molecule has 0 aromatic carbocycles. The summed E-state index contributed by atoms with van der Waals surface area (Å²) < 4.78 is 4.86. The van der Waals surface area contributed by atoms with Crippen LogP contribution in [0.4, 0.5) is 0 Å². The number of hydrogen-bond acceptors (Lipinski definition) is 2. The molecule has 0 heterocycles. The Balaban J connectivity index is -0.0000000817. The average molecular weight is 256 g/mol. The van der Waals surface area contributed by atoms with Gasteiger partial charge in [-0.1, -0.05) is 13.3 Å². The third kappa shape index (κ3) is 12.4. The maximum atomic E-state index is 9.64. The molecular weight excluding hydrogens is 241 g/mol. The molecule has 0 spiro atoms. The molecule has 9 heavy (non-hydrogen) atoms.